The van der Waals surface area contributed by atoms with E-state index in [0.29, 0.717) is 16.6 Å². The summed E-state index contributed by atoms with van der Waals surface area (Å²) in [5, 5.41) is 3.45. The van der Waals surface area contributed by atoms with Gasteiger partial charge in [0.15, 0.2) is 0 Å². The van der Waals surface area contributed by atoms with Crippen LogP contribution in [0.25, 0.3) is 16.9 Å². The van der Waals surface area contributed by atoms with Gasteiger partial charge in [0, 0.05) is 36.1 Å². The van der Waals surface area contributed by atoms with Gasteiger partial charge < -0.3 is 9.88 Å². The summed E-state index contributed by atoms with van der Waals surface area (Å²) in [6.45, 7) is 5.99. The fraction of sp³-hybridized carbons (Fsp3) is 0.316. The quantitative estimate of drug-likeness (QED) is 0.765. The summed E-state index contributed by atoms with van der Waals surface area (Å²) in [5.41, 5.74) is 1.51. The lowest BCUT2D eigenvalue weighted by Crippen LogP contribution is -2.36. The van der Waals surface area contributed by atoms with E-state index in [9.17, 15) is 9.59 Å². The number of benzene rings is 1. The van der Waals surface area contributed by atoms with Crippen molar-refractivity contribution < 1.29 is 4.79 Å². The van der Waals surface area contributed by atoms with Crippen LogP contribution in [0.5, 0.6) is 0 Å². The Hall–Kier alpha value is -2.60. The van der Waals surface area contributed by atoms with Gasteiger partial charge in [0.1, 0.15) is 5.69 Å². The Bertz CT molecular complexity index is 1040. The van der Waals surface area contributed by atoms with E-state index < -0.39 is 0 Å². The van der Waals surface area contributed by atoms with Crippen molar-refractivity contribution in [1.82, 2.24) is 19.3 Å². The van der Waals surface area contributed by atoms with Crippen molar-refractivity contribution in [2.24, 2.45) is 13.0 Å². The first-order valence-corrected chi connectivity index (χ1v) is 8.82. The van der Waals surface area contributed by atoms with Crippen molar-refractivity contribution in [3.63, 3.8) is 0 Å². The minimum atomic E-state index is -0.295. The number of carbonyl (C=O) groups is 1. The van der Waals surface area contributed by atoms with Gasteiger partial charge in [-0.25, -0.2) is 4.98 Å². The van der Waals surface area contributed by atoms with Crippen molar-refractivity contribution in [2.45, 2.75) is 26.8 Å². The molecule has 3 rings (SSSR count). The van der Waals surface area contributed by atoms with Crippen LogP contribution < -0.4 is 10.9 Å². The van der Waals surface area contributed by atoms with Gasteiger partial charge in [0.05, 0.1) is 5.69 Å². The fourth-order valence-electron chi connectivity index (χ4n) is 2.60. The average molecular weight is 373 g/mol. The van der Waals surface area contributed by atoms with Crippen LogP contribution in [0.15, 0.2) is 41.5 Å². The SMILES string of the molecule is CC(C)[C@@H](C)NC(=O)c1cn2cc(-c3ccccc3Cl)n(C)c(=O)c2n1. The number of halogens is 1. The van der Waals surface area contributed by atoms with Crippen molar-refractivity contribution >= 4 is 23.2 Å². The maximum atomic E-state index is 12.7. The minimum Gasteiger partial charge on any atom is -0.348 e. The molecule has 6 nitrogen and oxygen atoms in total. The zero-order valence-electron chi connectivity index (χ0n) is 15.2. The molecular formula is C19H21ClN4O2. The maximum absolute atomic E-state index is 12.7. The summed E-state index contributed by atoms with van der Waals surface area (Å²) in [6, 6.07) is 7.31. The van der Waals surface area contributed by atoms with Crippen LogP contribution in [0.1, 0.15) is 31.3 Å². The second-order valence-corrected chi connectivity index (χ2v) is 7.13. The van der Waals surface area contributed by atoms with E-state index in [1.807, 2.05) is 39.0 Å². The molecule has 1 aromatic carbocycles. The highest BCUT2D eigenvalue weighted by Crippen LogP contribution is 2.26. The zero-order valence-corrected chi connectivity index (χ0v) is 15.9. The second-order valence-electron chi connectivity index (χ2n) is 6.72. The Balaban J connectivity index is 2.08. The molecule has 1 atom stereocenters. The van der Waals surface area contributed by atoms with Crippen LogP contribution in [0.4, 0.5) is 0 Å². The van der Waals surface area contributed by atoms with E-state index in [1.54, 1.807) is 29.9 Å². The van der Waals surface area contributed by atoms with Gasteiger partial charge in [0.2, 0.25) is 5.65 Å². The number of rotatable bonds is 4. The molecule has 2 heterocycles. The zero-order chi connectivity index (χ0) is 19.0. The third-order valence-corrected chi connectivity index (χ3v) is 4.92. The van der Waals surface area contributed by atoms with Crippen LogP contribution in [0.2, 0.25) is 5.02 Å². The lowest BCUT2D eigenvalue weighted by atomic mass is 10.1. The van der Waals surface area contributed by atoms with Gasteiger partial charge in [-0.15, -0.1) is 0 Å². The van der Waals surface area contributed by atoms with E-state index in [0.717, 1.165) is 5.56 Å². The molecule has 136 valence electrons. The summed E-state index contributed by atoms with van der Waals surface area (Å²) in [6.07, 6.45) is 3.33. The van der Waals surface area contributed by atoms with Crippen LogP contribution in [-0.4, -0.2) is 25.9 Å². The largest absolute Gasteiger partial charge is 0.348 e. The monoisotopic (exact) mass is 372 g/mol. The van der Waals surface area contributed by atoms with Crippen molar-refractivity contribution in [3.8, 4) is 11.3 Å². The van der Waals surface area contributed by atoms with Crippen molar-refractivity contribution in [1.29, 1.82) is 0 Å². The smallest absolute Gasteiger partial charge is 0.294 e. The standard InChI is InChI=1S/C19H21ClN4O2/c1-11(2)12(3)21-18(25)15-9-24-10-16(13-7-5-6-8-14(13)20)23(4)19(26)17(24)22-15/h5-12H,1-4H3,(H,21,25)/t12-/m1/s1. The predicted octanol–water partition coefficient (Wildman–Crippen LogP) is 3.13. The Morgan fingerprint density at radius 2 is 1.88 bits per heavy atom. The van der Waals surface area contributed by atoms with Crippen LogP contribution in [0, 0.1) is 5.92 Å². The van der Waals surface area contributed by atoms with Gasteiger partial charge in [0.25, 0.3) is 11.5 Å². The van der Waals surface area contributed by atoms with E-state index in [1.165, 1.54) is 4.57 Å². The van der Waals surface area contributed by atoms with Gasteiger partial charge >= 0.3 is 0 Å². The summed E-state index contributed by atoms with van der Waals surface area (Å²) < 4.78 is 3.07. The van der Waals surface area contributed by atoms with Crippen molar-refractivity contribution in [2.75, 3.05) is 0 Å². The maximum Gasteiger partial charge on any atom is 0.294 e. The van der Waals surface area contributed by atoms with Crippen LogP contribution >= 0.6 is 11.6 Å². The number of aromatic nitrogens is 3. The summed E-state index contributed by atoms with van der Waals surface area (Å²) in [4.78, 5) is 29.3. The highest BCUT2D eigenvalue weighted by Gasteiger charge is 2.18. The molecule has 0 fully saturated rings. The fourth-order valence-corrected chi connectivity index (χ4v) is 2.84. The van der Waals surface area contributed by atoms with Gasteiger partial charge in [-0.3, -0.25) is 14.0 Å². The molecule has 0 aliphatic rings. The second kappa shape index (κ2) is 6.96. The lowest BCUT2D eigenvalue weighted by molar-refractivity contribution is 0.0926. The van der Waals surface area contributed by atoms with E-state index in [-0.39, 0.29) is 28.8 Å². The summed E-state index contributed by atoms with van der Waals surface area (Å²) in [5.74, 6) is 0.00641. The van der Waals surface area contributed by atoms with Crippen molar-refractivity contribution in [3.05, 3.63) is 57.7 Å². The Morgan fingerprint density at radius 3 is 2.54 bits per heavy atom. The number of nitrogens with zero attached hydrogens (tertiary/aromatic N) is 3. The first kappa shape index (κ1) is 18.2. The predicted molar refractivity (Wildman–Crippen MR) is 103 cm³/mol. The summed E-state index contributed by atoms with van der Waals surface area (Å²) >= 11 is 6.27. The third kappa shape index (κ3) is 3.24. The van der Waals surface area contributed by atoms with Crippen LogP contribution in [0.3, 0.4) is 0 Å². The number of nitrogens with one attached hydrogen (secondary N) is 1. The molecule has 0 aliphatic heterocycles. The molecular weight excluding hydrogens is 352 g/mol. The Morgan fingerprint density at radius 1 is 1.19 bits per heavy atom. The molecule has 0 saturated carbocycles. The number of carbonyl (C=O) groups excluding carboxylic acids is 1. The Labute approximate surface area is 156 Å². The molecule has 0 radical (unpaired) electrons. The first-order valence-electron chi connectivity index (χ1n) is 8.44. The van der Waals surface area contributed by atoms with E-state index in [4.69, 9.17) is 11.6 Å². The summed E-state index contributed by atoms with van der Waals surface area (Å²) in [7, 11) is 1.66. The molecule has 0 unspecified atom stereocenters. The highest BCUT2D eigenvalue weighted by molar-refractivity contribution is 6.33. The molecule has 2 aromatic heterocycles. The third-order valence-electron chi connectivity index (χ3n) is 4.59. The van der Waals surface area contributed by atoms with E-state index >= 15 is 0 Å². The van der Waals surface area contributed by atoms with E-state index in [2.05, 4.69) is 10.3 Å². The Kier molecular flexibility index (Phi) is 4.87. The van der Waals surface area contributed by atoms with Crippen LogP contribution in [-0.2, 0) is 7.05 Å². The molecule has 0 saturated heterocycles. The molecule has 1 N–H and O–H groups in total. The molecule has 0 spiro atoms. The molecule has 3 aromatic rings. The first-order chi connectivity index (χ1) is 12.3. The molecule has 7 heteroatoms. The lowest BCUT2D eigenvalue weighted by Gasteiger charge is -2.16. The molecule has 26 heavy (non-hydrogen) atoms. The van der Waals surface area contributed by atoms with Gasteiger partial charge in [-0.1, -0.05) is 43.6 Å². The highest BCUT2D eigenvalue weighted by atomic mass is 35.5. The number of fused-ring (bicyclic) bond motifs is 1. The number of hydrogen-bond donors (Lipinski definition) is 1. The average Bonchev–Trinajstić information content (AvgIpc) is 3.03. The number of amides is 1. The topological polar surface area (TPSA) is 68.4 Å². The number of imidazole rings is 1. The van der Waals surface area contributed by atoms with Gasteiger partial charge in [-0.2, -0.15) is 0 Å². The number of hydrogen-bond acceptors (Lipinski definition) is 3. The molecule has 0 aliphatic carbocycles. The van der Waals surface area contributed by atoms with Gasteiger partial charge in [-0.05, 0) is 18.9 Å². The molecule has 1 amide bonds. The molecule has 0 bridgehead atoms. The normalized spacial score (nSPS) is 12.5. The minimum absolute atomic E-state index is 0.00818.